The topological polar surface area (TPSA) is 44.2 Å². The van der Waals surface area contributed by atoms with Gasteiger partial charge in [0.15, 0.2) is 5.82 Å². The first-order chi connectivity index (χ1) is 24.7. The molecule has 1 aliphatic rings. The summed E-state index contributed by atoms with van der Waals surface area (Å²) in [5.74, 6) is -3.63. The molecule has 0 saturated heterocycles. The Bertz CT molecular complexity index is 1420. The fourth-order valence-electron chi connectivity index (χ4n) is 6.88. The van der Waals surface area contributed by atoms with Crippen molar-refractivity contribution in [2.24, 2.45) is 5.92 Å². The van der Waals surface area contributed by atoms with Crippen LogP contribution in [0, 0.1) is 11.7 Å². The molecule has 8 heteroatoms. The van der Waals surface area contributed by atoms with Crippen molar-refractivity contribution >= 4 is 9.52 Å². The van der Waals surface area contributed by atoms with Gasteiger partial charge in [0.05, 0.1) is 5.56 Å². The third kappa shape index (κ3) is 12.7. The van der Waals surface area contributed by atoms with Crippen molar-refractivity contribution in [2.45, 2.75) is 154 Å². The highest BCUT2D eigenvalue weighted by molar-refractivity contribution is 6.39. The van der Waals surface area contributed by atoms with Gasteiger partial charge in [0.1, 0.15) is 32.4 Å². The van der Waals surface area contributed by atoms with Crippen molar-refractivity contribution in [1.82, 2.24) is 9.97 Å². The van der Waals surface area contributed by atoms with Gasteiger partial charge in [-0.05, 0) is 60.4 Å². The number of benzene rings is 2. The minimum Gasteiger partial charge on any atom is -0.487 e. The molecule has 0 fully saturated rings. The third-order valence-corrected chi connectivity index (χ3v) is 11.8. The summed E-state index contributed by atoms with van der Waals surface area (Å²) in [6.45, 7) is 10.5. The molecule has 0 saturated carbocycles. The second kappa shape index (κ2) is 21.7. The number of alkyl halides is 2. The summed E-state index contributed by atoms with van der Waals surface area (Å²) in [6.07, 6.45) is 23.2. The number of ether oxygens (including phenoxy) is 2. The first kappa shape index (κ1) is 41.0. The second-order valence-corrected chi connectivity index (χ2v) is 16.5. The zero-order valence-electron chi connectivity index (χ0n) is 31.6. The quantitative estimate of drug-likeness (QED) is 0.0645. The first-order valence-corrected chi connectivity index (χ1v) is 21.0. The maximum absolute atomic E-state index is 15.8. The monoisotopic (exact) mass is 722 g/mol. The summed E-state index contributed by atoms with van der Waals surface area (Å²) in [5.41, 5.74) is 1.01. The van der Waals surface area contributed by atoms with Crippen molar-refractivity contribution in [2.75, 3.05) is 13.2 Å². The van der Waals surface area contributed by atoms with E-state index in [2.05, 4.69) is 42.9 Å². The number of fused-ring (bicyclic) bond motifs is 1. The molecule has 2 heterocycles. The summed E-state index contributed by atoms with van der Waals surface area (Å²) in [6, 6.07) is 11.2. The summed E-state index contributed by atoms with van der Waals surface area (Å²) >= 11 is 0. The number of aromatic nitrogens is 2. The van der Waals surface area contributed by atoms with E-state index in [0.29, 0.717) is 0 Å². The number of hydrogen-bond acceptors (Lipinski definition) is 4. The maximum atomic E-state index is 15.8. The molecule has 51 heavy (non-hydrogen) atoms. The summed E-state index contributed by atoms with van der Waals surface area (Å²) in [5, 5.41) is 0. The van der Waals surface area contributed by atoms with E-state index in [-0.39, 0.29) is 32.2 Å². The number of hydrogen-bond donors (Lipinski definition) is 0. The van der Waals surface area contributed by atoms with E-state index in [1.807, 2.05) is 19.1 Å². The molecule has 1 aliphatic heterocycles. The van der Waals surface area contributed by atoms with Gasteiger partial charge in [-0.25, -0.2) is 14.4 Å². The smallest absolute Gasteiger partial charge is 0.311 e. The molecular formula is C43H61F3N2O2Si. The standard InChI is InChI=1S/C43H61F3N2O2Si/c1-5-7-9-16-28-49-29-17-15-21-34-22-24-35(25-23-34)36-30-47-41(48-31-36)37-26-27-38-39(40(37)44)43(45,46)42(50-38)51-33(4)20-14-11-10-13-19-32(3)18-12-8-6-2/h22-27,30-33,42H,5-21,28-29H2,1-4H3. The van der Waals surface area contributed by atoms with Crippen LogP contribution in [-0.2, 0) is 17.1 Å². The highest BCUT2D eigenvalue weighted by atomic mass is 28.2. The molecule has 0 aliphatic carbocycles. The van der Waals surface area contributed by atoms with Crippen LogP contribution in [0.4, 0.5) is 13.2 Å². The lowest BCUT2D eigenvalue weighted by molar-refractivity contribution is -0.0451. The molecule has 3 aromatic rings. The van der Waals surface area contributed by atoms with Crippen LogP contribution in [0.1, 0.15) is 142 Å². The minimum atomic E-state index is -3.42. The van der Waals surface area contributed by atoms with Crippen LogP contribution in [0.5, 0.6) is 5.75 Å². The van der Waals surface area contributed by atoms with Gasteiger partial charge in [0, 0.05) is 31.2 Å². The molecule has 2 aromatic carbocycles. The van der Waals surface area contributed by atoms with Crippen molar-refractivity contribution in [3.05, 3.63) is 65.7 Å². The Morgan fingerprint density at radius 2 is 1.35 bits per heavy atom. The molecule has 3 atom stereocenters. The van der Waals surface area contributed by atoms with E-state index in [1.165, 1.54) is 81.9 Å². The van der Waals surface area contributed by atoms with Crippen LogP contribution >= 0.6 is 0 Å². The number of aryl methyl sites for hydroxylation is 1. The van der Waals surface area contributed by atoms with Gasteiger partial charge >= 0.3 is 5.92 Å². The molecule has 0 N–H and O–H groups in total. The van der Waals surface area contributed by atoms with E-state index in [0.717, 1.165) is 75.2 Å². The van der Waals surface area contributed by atoms with Crippen LogP contribution in [0.25, 0.3) is 22.5 Å². The lowest BCUT2D eigenvalue weighted by Crippen LogP contribution is -2.37. The Kier molecular flexibility index (Phi) is 17.5. The Labute approximate surface area is 308 Å². The van der Waals surface area contributed by atoms with Gasteiger partial charge in [0.2, 0.25) is 0 Å². The summed E-state index contributed by atoms with van der Waals surface area (Å²) < 4.78 is 58.6. The zero-order chi connectivity index (χ0) is 36.5. The highest BCUT2D eigenvalue weighted by Crippen LogP contribution is 2.49. The van der Waals surface area contributed by atoms with Crippen molar-refractivity contribution in [1.29, 1.82) is 0 Å². The van der Waals surface area contributed by atoms with E-state index in [4.69, 9.17) is 9.47 Å². The zero-order valence-corrected chi connectivity index (χ0v) is 32.6. The molecular weight excluding hydrogens is 662 g/mol. The molecule has 4 nitrogen and oxygen atoms in total. The second-order valence-electron chi connectivity index (χ2n) is 14.7. The number of rotatable bonds is 25. The molecule has 0 bridgehead atoms. The van der Waals surface area contributed by atoms with Crippen LogP contribution in [0.3, 0.4) is 0 Å². The fourth-order valence-corrected chi connectivity index (χ4v) is 8.32. The van der Waals surface area contributed by atoms with E-state index in [9.17, 15) is 0 Å². The summed E-state index contributed by atoms with van der Waals surface area (Å²) in [4.78, 5) is 8.77. The Morgan fingerprint density at radius 3 is 2.04 bits per heavy atom. The largest absolute Gasteiger partial charge is 0.487 e. The molecule has 4 rings (SSSR count). The number of nitrogens with zero attached hydrogens (tertiary/aromatic N) is 2. The Hall–Kier alpha value is -2.71. The van der Waals surface area contributed by atoms with Gasteiger partial charge in [-0.15, -0.1) is 0 Å². The van der Waals surface area contributed by atoms with E-state index < -0.39 is 23.0 Å². The minimum absolute atomic E-state index is 0.0411. The van der Waals surface area contributed by atoms with Gasteiger partial charge in [-0.2, -0.15) is 8.78 Å². The molecule has 3 unspecified atom stereocenters. The SMILES string of the molecule is CCCCCCOCCCCc1ccc(-c2cnc(-c3ccc4c(c3F)C(F)(F)C([Si]C(C)CCCCCCC(C)CCCCC)O4)nc2)cc1. The molecule has 0 amide bonds. The van der Waals surface area contributed by atoms with Gasteiger partial charge < -0.3 is 9.47 Å². The van der Waals surface area contributed by atoms with Crippen LogP contribution in [0.2, 0.25) is 5.54 Å². The third-order valence-electron chi connectivity index (χ3n) is 10.2. The van der Waals surface area contributed by atoms with Crippen LogP contribution < -0.4 is 4.74 Å². The molecule has 280 valence electrons. The highest BCUT2D eigenvalue weighted by Gasteiger charge is 2.53. The van der Waals surface area contributed by atoms with Gasteiger partial charge in [-0.1, -0.05) is 135 Å². The Morgan fingerprint density at radius 1 is 0.745 bits per heavy atom. The van der Waals surface area contributed by atoms with E-state index >= 15 is 13.2 Å². The predicted octanol–water partition coefficient (Wildman–Crippen LogP) is 12.7. The number of halogens is 3. The maximum Gasteiger partial charge on any atom is 0.311 e. The summed E-state index contributed by atoms with van der Waals surface area (Å²) in [7, 11) is -0.121. The van der Waals surface area contributed by atoms with Crippen LogP contribution in [0.15, 0.2) is 48.8 Å². The van der Waals surface area contributed by atoms with Crippen LogP contribution in [-0.4, -0.2) is 38.4 Å². The first-order valence-electron chi connectivity index (χ1n) is 19.9. The van der Waals surface area contributed by atoms with Crippen molar-refractivity contribution in [3.8, 4) is 28.3 Å². The Balaban J connectivity index is 1.23. The lowest BCUT2D eigenvalue weighted by atomic mass is 9.96. The number of unbranched alkanes of at least 4 members (excludes halogenated alkanes) is 9. The average molecular weight is 723 g/mol. The lowest BCUT2D eigenvalue weighted by Gasteiger charge is -2.21. The van der Waals surface area contributed by atoms with Crippen molar-refractivity contribution in [3.63, 3.8) is 0 Å². The molecule has 2 radical (unpaired) electrons. The normalized spacial score (nSPS) is 16.2. The molecule has 0 spiro atoms. The van der Waals surface area contributed by atoms with Gasteiger partial charge in [0.25, 0.3) is 0 Å². The van der Waals surface area contributed by atoms with E-state index in [1.54, 1.807) is 12.4 Å². The predicted molar refractivity (Wildman–Crippen MR) is 205 cm³/mol. The van der Waals surface area contributed by atoms with Crippen molar-refractivity contribution < 1.29 is 22.6 Å². The van der Waals surface area contributed by atoms with Gasteiger partial charge in [-0.3, -0.25) is 0 Å². The fraction of sp³-hybridized carbons (Fsp3) is 0.628. The average Bonchev–Trinajstić information content (AvgIpc) is 3.38. The molecule has 1 aromatic heterocycles.